The molecule has 0 aliphatic heterocycles. The van der Waals surface area contributed by atoms with Crippen LogP contribution in [0.3, 0.4) is 0 Å². The molecule has 22 heavy (non-hydrogen) atoms. The van der Waals surface area contributed by atoms with Crippen LogP contribution in [-0.2, 0) is 4.74 Å². The van der Waals surface area contributed by atoms with Crippen molar-refractivity contribution in [3.63, 3.8) is 0 Å². The third-order valence-corrected chi connectivity index (χ3v) is 2.98. The van der Waals surface area contributed by atoms with Crippen molar-refractivity contribution in [1.29, 1.82) is 0 Å². The maximum absolute atomic E-state index is 12.9. The molecule has 0 aromatic heterocycles. The van der Waals surface area contributed by atoms with E-state index in [0.29, 0.717) is 0 Å². The maximum Gasteiger partial charge on any atom is 0.345 e. The Hall–Kier alpha value is -3.09. The zero-order chi connectivity index (χ0) is 16.3. The quantitative estimate of drug-likeness (QED) is 0.375. The Morgan fingerprint density at radius 2 is 1.77 bits per heavy atom. The molecule has 2 aromatic carbocycles. The number of benzene rings is 2. The van der Waals surface area contributed by atoms with Crippen molar-refractivity contribution < 1.29 is 23.6 Å². The van der Waals surface area contributed by atoms with Crippen molar-refractivity contribution >= 4 is 17.4 Å². The molecular formula is C15H10FNO5. The van der Waals surface area contributed by atoms with Crippen LogP contribution in [0.5, 0.6) is 0 Å². The van der Waals surface area contributed by atoms with Gasteiger partial charge in [-0.1, -0.05) is 6.07 Å². The van der Waals surface area contributed by atoms with Gasteiger partial charge in [0.1, 0.15) is 11.4 Å². The number of esters is 1. The third-order valence-electron chi connectivity index (χ3n) is 2.98. The number of ether oxygens (including phenoxy) is 1. The number of nitro benzene ring substituents is 1. The number of halogens is 1. The van der Waals surface area contributed by atoms with E-state index in [1.165, 1.54) is 24.3 Å². The van der Waals surface area contributed by atoms with Crippen molar-refractivity contribution in [3.8, 4) is 0 Å². The Balaban J connectivity index is 2.61. The molecule has 0 amide bonds. The Labute approximate surface area is 124 Å². The molecule has 0 aliphatic carbocycles. The van der Waals surface area contributed by atoms with Crippen LogP contribution in [0.15, 0.2) is 42.5 Å². The van der Waals surface area contributed by atoms with Crippen LogP contribution in [0.4, 0.5) is 10.1 Å². The van der Waals surface area contributed by atoms with Crippen LogP contribution in [0.25, 0.3) is 0 Å². The minimum Gasteiger partial charge on any atom is -0.465 e. The second-order valence-corrected chi connectivity index (χ2v) is 4.28. The normalized spacial score (nSPS) is 10.1. The van der Waals surface area contributed by atoms with Gasteiger partial charge in [0.2, 0.25) is 0 Å². The SMILES string of the molecule is COC(=O)c1c(C(=O)c2ccc(F)cc2)cccc1[N+](=O)[O-]. The standard InChI is InChI=1S/C15H10FNO5/c1-22-15(19)13-11(3-2-4-12(13)17(20)21)14(18)9-5-7-10(16)8-6-9/h2-8H,1H3. The van der Waals surface area contributed by atoms with Gasteiger partial charge in [0.25, 0.3) is 5.69 Å². The van der Waals surface area contributed by atoms with Crippen LogP contribution < -0.4 is 0 Å². The van der Waals surface area contributed by atoms with E-state index in [4.69, 9.17) is 0 Å². The Morgan fingerprint density at radius 3 is 2.32 bits per heavy atom. The summed E-state index contributed by atoms with van der Waals surface area (Å²) in [7, 11) is 1.06. The minimum atomic E-state index is -0.988. The number of hydrogen-bond donors (Lipinski definition) is 0. The molecule has 0 N–H and O–H groups in total. The van der Waals surface area contributed by atoms with Gasteiger partial charge in [-0.15, -0.1) is 0 Å². The first-order chi connectivity index (χ1) is 10.5. The van der Waals surface area contributed by atoms with Crippen molar-refractivity contribution in [2.75, 3.05) is 7.11 Å². The van der Waals surface area contributed by atoms with E-state index in [9.17, 15) is 24.1 Å². The highest BCUT2D eigenvalue weighted by Crippen LogP contribution is 2.25. The fourth-order valence-electron chi connectivity index (χ4n) is 1.95. The average molecular weight is 303 g/mol. The Morgan fingerprint density at radius 1 is 1.14 bits per heavy atom. The Kier molecular flexibility index (Phi) is 4.26. The number of carbonyl (C=O) groups is 2. The lowest BCUT2D eigenvalue weighted by Gasteiger charge is -2.07. The van der Waals surface area contributed by atoms with Gasteiger partial charge in [-0.2, -0.15) is 0 Å². The number of rotatable bonds is 4. The molecule has 6 nitrogen and oxygen atoms in total. The van der Waals surface area contributed by atoms with Gasteiger partial charge in [0, 0.05) is 17.2 Å². The van der Waals surface area contributed by atoms with Gasteiger partial charge in [-0.3, -0.25) is 14.9 Å². The van der Waals surface area contributed by atoms with E-state index < -0.39 is 33.7 Å². The molecule has 0 unspecified atom stereocenters. The highest BCUT2D eigenvalue weighted by atomic mass is 19.1. The smallest absolute Gasteiger partial charge is 0.345 e. The summed E-state index contributed by atoms with van der Waals surface area (Å²) in [4.78, 5) is 34.5. The maximum atomic E-state index is 12.9. The first-order valence-electron chi connectivity index (χ1n) is 6.11. The van der Waals surface area contributed by atoms with Crippen molar-refractivity contribution in [3.05, 3.63) is 75.1 Å². The number of nitrogens with zero attached hydrogens (tertiary/aromatic N) is 1. The minimum absolute atomic E-state index is 0.104. The summed E-state index contributed by atoms with van der Waals surface area (Å²) in [6.07, 6.45) is 0. The largest absolute Gasteiger partial charge is 0.465 e. The summed E-state index contributed by atoms with van der Waals surface area (Å²) < 4.78 is 17.4. The summed E-state index contributed by atoms with van der Waals surface area (Å²) in [5.41, 5.74) is -1.02. The second-order valence-electron chi connectivity index (χ2n) is 4.28. The Bertz CT molecular complexity index is 755. The van der Waals surface area contributed by atoms with Crippen LogP contribution in [0.2, 0.25) is 0 Å². The molecule has 0 bridgehead atoms. The summed E-state index contributed by atoms with van der Waals surface area (Å²) in [5.74, 6) is -2.15. The van der Waals surface area contributed by atoms with Gasteiger partial charge in [-0.25, -0.2) is 9.18 Å². The average Bonchev–Trinajstić information content (AvgIpc) is 2.53. The molecule has 0 radical (unpaired) electrons. The van der Waals surface area contributed by atoms with E-state index in [2.05, 4.69) is 4.74 Å². The fraction of sp³-hybridized carbons (Fsp3) is 0.0667. The lowest BCUT2D eigenvalue weighted by molar-refractivity contribution is -0.385. The van der Waals surface area contributed by atoms with E-state index in [1.807, 2.05) is 0 Å². The molecule has 7 heteroatoms. The number of ketones is 1. The highest BCUT2D eigenvalue weighted by molar-refractivity contribution is 6.15. The van der Waals surface area contributed by atoms with Crippen LogP contribution in [0, 0.1) is 15.9 Å². The summed E-state index contributed by atoms with van der Waals surface area (Å²) in [6, 6.07) is 8.32. The molecule has 0 saturated carbocycles. The lowest BCUT2D eigenvalue weighted by atomic mass is 9.97. The first-order valence-corrected chi connectivity index (χ1v) is 6.11. The van der Waals surface area contributed by atoms with Crippen LogP contribution >= 0.6 is 0 Å². The van der Waals surface area contributed by atoms with Gasteiger partial charge in [0.05, 0.1) is 12.0 Å². The van der Waals surface area contributed by atoms with Crippen LogP contribution in [0.1, 0.15) is 26.3 Å². The van der Waals surface area contributed by atoms with Crippen molar-refractivity contribution in [2.45, 2.75) is 0 Å². The molecular weight excluding hydrogens is 293 g/mol. The van der Waals surface area contributed by atoms with Crippen LogP contribution in [-0.4, -0.2) is 23.8 Å². The molecule has 0 spiro atoms. The topological polar surface area (TPSA) is 86.5 Å². The summed E-state index contributed by atoms with van der Waals surface area (Å²) in [6.45, 7) is 0. The monoisotopic (exact) mass is 303 g/mol. The van der Waals surface area contributed by atoms with E-state index in [1.54, 1.807) is 0 Å². The number of methoxy groups -OCH3 is 1. The molecule has 0 atom stereocenters. The highest BCUT2D eigenvalue weighted by Gasteiger charge is 2.28. The first kappa shape index (κ1) is 15.3. The number of hydrogen-bond acceptors (Lipinski definition) is 5. The molecule has 0 fully saturated rings. The zero-order valence-electron chi connectivity index (χ0n) is 11.4. The molecule has 0 heterocycles. The van der Waals surface area contributed by atoms with Gasteiger partial charge >= 0.3 is 5.97 Å². The summed E-state index contributed by atoms with van der Waals surface area (Å²) in [5, 5.41) is 11.0. The van der Waals surface area contributed by atoms with Crippen molar-refractivity contribution in [2.24, 2.45) is 0 Å². The zero-order valence-corrected chi connectivity index (χ0v) is 11.4. The number of carbonyl (C=O) groups excluding carboxylic acids is 2. The fourth-order valence-corrected chi connectivity index (χ4v) is 1.95. The van der Waals surface area contributed by atoms with Crippen molar-refractivity contribution in [1.82, 2.24) is 0 Å². The molecule has 112 valence electrons. The molecule has 2 aromatic rings. The number of nitro groups is 1. The van der Waals surface area contributed by atoms with E-state index in [0.717, 1.165) is 25.3 Å². The van der Waals surface area contributed by atoms with Gasteiger partial charge in [0.15, 0.2) is 5.78 Å². The van der Waals surface area contributed by atoms with Gasteiger partial charge in [-0.05, 0) is 30.3 Å². The summed E-state index contributed by atoms with van der Waals surface area (Å²) >= 11 is 0. The second kappa shape index (κ2) is 6.13. The van der Waals surface area contributed by atoms with E-state index in [-0.39, 0.29) is 11.1 Å². The van der Waals surface area contributed by atoms with E-state index >= 15 is 0 Å². The lowest BCUT2D eigenvalue weighted by Crippen LogP contribution is -2.14. The van der Waals surface area contributed by atoms with Gasteiger partial charge < -0.3 is 4.74 Å². The molecule has 2 rings (SSSR count). The molecule has 0 aliphatic rings. The molecule has 0 saturated heterocycles. The third kappa shape index (κ3) is 2.83. The predicted molar refractivity (Wildman–Crippen MR) is 74.3 cm³/mol. The predicted octanol–water partition coefficient (Wildman–Crippen LogP) is 2.75.